The van der Waals surface area contributed by atoms with Crippen LogP contribution in [0.15, 0.2) is 24.3 Å². The summed E-state index contributed by atoms with van der Waals surface area (Å²) in [5.41, 5.74) is 1.24. The summed E-state index contributed by atoms with van der Waals surface area (Å²) in [5, 5.41) is 3.34. The van der Waals surface area contributed by atoms with Crippen molar-refractivity contribution in [3.63, 3.8) is 0 Å². The summed E-state index contributed by atoms with van der Waals surface area (Å²) >= 11 is 0. The zero-order chi connectivity index (χ0) is 11.1. The Hall–Kier alpha value is -1.02. The van der Waals surface area contributed by atoms with Gasteiger partial charge in [0.05, 0.1) is 0 Å². The Labute approximate surface area is 92.6 Å². The third-order valence-electron chi connectivity index (χ3n) is 2.19. The number of hydrogen-bond donors (Lipinski definition) is 1. The SMILES string of the molecule is CCCNCC(C)Oc1cccc(C)c1. The molecule has 2 heteroatoms. The summed E-state index contributed by atoms with van der Waals surface area (Å²) in [6.07, 6.45) is 1.38. The van der Waals surface area contributed by atoms with E-state index in [1.54, 1.807) is 0 Å². The smallest absolute Gasteiger partial charge is 0.120 e. The number of rotatable bonds is 6. The fraction of sp³-hybridized carbons (Fsp3) is 0.538. The summed E-state index contributed by atoms with van der Waals surface area (Å²) in [6, 6.07) is 8.17. The van der Waals surface area contributed by atoms with Crippen LogP contribution in [0.2, 0.25) is 0 Å². The molecule has 0 aliphatic heterocycles. The van der Waals surface area contributed by atoms with Crippen molar-refractivity contribution in [3.8, 4) is 5.75 Å². The van der Waals surface area contributed by atoms with E-state index < -0.39 is 0 Å². The lowest BCUT2D eigenvalue weighted by molar-refractivity contribution is 0.217. The van der Waals surface area contributed by atoms with Crippen LogP contribution in [0.5, 0.6) is 5.75 Å². The highest BCUT2D eigenvalue weighted by Gasteiger charge is 2.02. The van der Waals surface area contributed by atoms with Gasteiger partial charge in [-0.2, -0.15) is 0 Å². The van der Waals surface area contributed by atoms with Crippen molar-refractivity contribution in [1.82, 2.24) is 5.32 Å². The molecule has 0 bridgehead atoms. The first-order valence-corrected chi connectivity index (χ1v) is 5.66. The Kier molecular flexibility index (Phi) is 5.19. The first kappa shape index (κ1) is 12.1. The summed E-state index contributed by atoms with van der Waals surface area (Å²) in [7, 11) is 0. The Morgan fingerprint density at radius 1 is 1.40 bits per heavy atom. The molecule has 15 heavy (non-hydrogen) atoms. The zero-order valence-electron chi connectivity index (χ0n) is 9.92. The predicted molar refractivity (Wildman–Crippen MR) is 64.4 cm³/mol. The number of ether oxygens (including phenoxy) is 1. The Balaban J connectivity index is 2.34. The molecule has 1 unspecified atom stereocenters. The summed E-state index contributed by atoms with van der Waals surface area (Å²) in [5.74, 6) is 0.959. The molecule has 0 heterocycles. The van der Waals surface area contributed by atoms with E-state index in [1.165, 1.54) is 5.56 Å². The van der Waals surface area contributed by atoms with Crippen molar-refractivity contribution in [1.29, 1.82) is 0 Å². The quantitative estimate of drug-likeness (QED) is 0.724. The van der Waals surface area contributed by atoms with Gasteiger partial charge in [-0.3, -0.25) is 0 Å². The molecular weight excluding hydrogens is 186 g/mol. The molecule has 1 aromatic carbocycles. The molecule has 0 aliphatic rings. The predicted octanol–water partition coefficient (Wildman–Crippen LogP) is 2.76. The maximum Gasteiger partial charge on any atom is 0.120 e. The average molecular weight is 207 g/mol. The van der Waals surface area contributed by atoms with E-state index in [4.69, 9.17) is 4.74 Å². The molecule has 1 N–H and O–H groups in total. The minimum absolute atomic E-state index is 0.221. The van der Waals surface area contributed by atoms with Crippen molar-refractivity contribution in [2.24, 2.45) is 0 Å². The highest BCUT2D eigenvalue weighted by atomic mass is 16.5. The van der Waals surface area contributed by atoms with Crippen molar-refractivity contribution in [2.75, 3.05) is 13.1 Å². The van der Waals surface area contributed by atoms with E-state index in [1.807, 2.05) is 12.1 Å². The van der Waals surface area contributed by atoms with Gasteiger partial charge in [-0.25, -0.2) is 0 Å². The summed E-state index contributed by atoms with van der Waals surface area (Å²) in [4.78, 5) is 0. The number of nitrogens with one attached hydrogen (secondary N) is 1. The van der Waals surface area contributed by atoms with Crippen molar-refractivity contribution >= 4 is 0 Å². The van der Waals surface area contributed by atoms with Crippen molar-refractivity contribution in [3.05, 3.63) is 29.8 Å². The second kappa shape index (κ2) is 6.46. The lowest BCUT2D eigenvalue weighted by Gasteiger charge is -2.15. The van der Waals surface area contributed by atoms with Crippen LogP contribution in [-0.4, -0.2) is 19.2 Å². The molecule has 0 fully saturated rings. The molecule has 2 nitrogen and oxygen atoms in total. The van der Waals surface area contributed by atoms with E-state index in [0.717, 1.165) is 25.3 Å². The zero-order valence-corrected chi connectivity index (χ0v) is 9.92. The van der Waals surface area contributed by atoms with Gasteiger partial charge in [0.2, 0.25) is 0 Å². The lowest BCUT2D eigenvalue weighted by Crippen LogP contribution is -2.29. The topological polar surface area (TPSA) is 21.3 Å². The number of aryl methyl sites for hydroxylation is 1. The van der Waals surface area contributed by atoms with Crippen molar-refractivity contribution in [2.45, 2.75) is 33.3 Å². The maximum atomic E-state index is 5.78. The normalized spacial score (nSPS) is 12.5. The first-order valence-electron chi connectivity index (χ1n) is 5.66. The number of benzene rings is 1. The van der Waals surface area contributed by atoms with Crippen molar-refractivity contribution < 1.29 is 4.74 Å². The standard InChI is InChI=1S/C13H21NO/c1-4-8-14-10-12(3)15-13-7-5-6-11(2)9-13/h5-7,9,12,14H,4,8,10H2,1-3H3. The van der Waals surface area contributed by atoms with Crippen LogP contribution >= 0.6 is 0 Å². The van der Waals surface area contributed by atoms with Crippen LogP contribution in [-0.2, 0) is 0 Å². The van der Waals surface area contributed by atoms with Gasteiger partial charge >= 0.3 is 0 Å². The minimum atomic E-state index is 0.221. The van der Waals surface area contributed by atoms with E-state index in [2.05, 4.69) is 38.2 Å². The van der Waals surface area contributed by atoms with Crippen LogP contribution in [0.25, 0.3) is 0 Å². The Morgan fingerprint density at radius 3 is 2.87 bits per heavy atom. The fourth-order valence-electron chi connectivity index (χ4n) is 1.44. The van der Waals surface area contributed by atoms with Gasteiger partial charge in [0.1, 0.15) is 11.9 Å². The molecule has 0 saturated heterocycles. The highest BCUT2D eigenvalue weighted by molar-refractivity contribution is 5.27. The molecular formula is C13H21NO. The van der Waals surface area contributed by atoms with Crippen LogP contribution in [0.3, 0.4) is 0 Å². The van der Waals surface area contributed by atoms with Gasteiger partial charge < -0.3 is 10.1 Å². The van der Waals surface area contributed by atoms with E-state index in [0.29, 0.717) is 0 Å². The number of hydrogen-bond acceptors (Lipinski definition) is 2. The maximum absolute atomic E-state index is 5.78. The highest BCUT2D eigenvalue weighted by Crippen LogP contribution is 2.13. The van der Waals surface area contributed by atoms with Crippen LogP contribution in [0, 0.1) is 6.92 Å². The molecule has 0 saturated carbocycles. The van der Waals surface area contributed by atoms with Gasteiger partial charge in [0.25, 0.3) is 0 Å². The molecule has 0 aliphatic carbocycles. The molecule has 0 amide bonds. The molecule has 0 radical (unpaired) electrons. The molecule has 1 rings (SSSR count). The minimum Gasteiger partial charge on any atom is -0.489 e. The van der Waals surface area contributed by atoms with E-state index in [-0.39, 0.29) is 6.10 Å². The first-order chi connectivity index (χ1) is 7.22. The second-order valence-corrected chi connectivity index (χ2v) is 3.95. The largest absolute Gasteiger partial charge is 0.489 e. The Bertz CT molecular complexity index is 286. The molecule has 84 valence electrons. The molecule has 0 aromatic heterocycles. The third kappa shape index (κ3) is 4.84. The summed E-state index contributed by atoms with van der Waals surface area (Å²) in [6.45, 7) is 8.29. The fourth-order valence-corrected chi connectivity index (χ4v) is 1.44. The van der Waals surface area contributed by atoms with E-state index >= 15 is 0 Å². The van der Waals surface area contributed by atoms with Crippen LogP contribution in [0.4, 0.5) is 0 Å². The van der Waals surface area contributed by atoms with Crippen LogP contribution in [0.1, 0.15) is 25.8 Å². The summed E-state index contributed by atoms with van der Waals surface area (Å²) < 4.78 is 5.78. The third-order valence-corrected chi connectivity index (χ3v) is 2.19. The lowest BCUT2D eigenvalue weighted by atomic mass is 10.2. The Morgan fingerprint density at radius 2 is 2.20 bits per heavy atom. The van der Waals surface area contributed by atoms with E-state index in [9.17, 15) is 0 Å². The molecule has 0 spiro atoms. The van der Waals surface area contributed by atoms with Gasteiger partial charge in [-0.05, 0) is 44.5 Å². The average Bonchev–Trinajstić information content (AvgIpc) is 2.18. The monoisotopic (exact) mass is 207 g/mol. The van der Waals surface area contributed by atoms with Gasteiger partial charge in [0.15, 0.2) is 0 Å². The molecule has 1 aromatic rings. The van der Waals surface area contributed by atoms with Crippen LogP contribution < -0.4 is 10.1 Å². The molecule has 1 atom stereocenters. The van der Waals surface area contributed by atoms with Gasteiger partial charge in [-0.15, -0.1) is 0 Å². The second-order valence-electron chi connectivity index (χ2n) is 3.95. The van der Waals surface area contributed by atoms with Gasteiger partial charge in [0, 0.05) is 6.54 Å². The van der Waals surface area contributed by atoms with Gasteiger partial charge in [-0.1, -0.05) is 19.1 Å².